The summed E-state index contributed by atoms with van der Waals surface area (Å²) in [6, 6.07) is 8.06. The first-order chi connectivity index (χ1) is 14.2. The number of rotatable bonds is 6. The Kier molecular flexibility index (Phi) is 6.47. The number of hydrogen-bond donors (Lipinski definition) is 1. The number of nitrogens with zero attached hydrogens (tertiary/aromatic N) is 2. The number of thioether (sulfide) groups is 1. The molecule has 30 heavy (non-hydrogen) atoms. The Morgan fingerprint density at radius 1 is 1.27 bits per heavy atom. The number of ether oxygens (including phenoxy) is 1. The third kappa shape index (κ3) is 4.65. The minimum Gasteiger partial charge on any atom is -0.506 e. The first kappa shape index (κ1) is 21.8. The summed E-state index contributed by atoms with van der Waals surface area (Å²) in [6.45, 7) is 4.03. The van der Waals surface area contributed by atoms with Gasteiger partial charge < -0.3 is 9.84 Å². The number of phenols is 1. The summed E-state index contributed by atoms with van der Waals surface area (Å²) in [5.74, 6) is -0.119. The van der Waals surface area contributed by atoms with E-state index in [1.165, 1.54) is 6.08 Å². The molecule has 10 heteroatoms. The van der Waals surface area contributed by atoms with Crippen molar-refractivity contribution in [1.29, 1.82) is 0 Å². The lowest BCUT2D eigenvalue weighted by Gasteiger charge is -2.14. The largest absolute Gasteiger partial charge is 0.506 e. The molecule has 156 valence electrons. The number of non-ortho nitro benzene ring substituents is 1. The van der Waals surface area contributed by atoms with Crippen molar-refractivity contribution >= 4 is 50.6 Å². The zero-order valence-electron chi connectivity index (χ0n) is 16.0. The Balaban J connectivity index is 1.75. The number of aromatic hydroxyl groups is 1. The number of nitro groups is 1. The molecule has 2 aromatic rings. The maximum absolute atomic E-state index is 12.6. The Morgan fingerprint density at radius 2 is 2.00 bits per heavy atom. The average Bonchev–Trinajstić information content (AvgIpc) is 2.95. The van der Waals surface area contributed by atoms with Crippen molar-refractivity contribution in [2.75, 3.05) is 13.2 Å². The van der Waals surface area contributed by atoms with Gasteiger partial charge in [0.05, 0.1) is 20.8 Å². The molecule has 1 N–H and O–H groups in total. The van der Waals surface area contributed by atoms with Crippen LogP contribution in [0.2, 0.25) is 0 Å². The quantitative estimate of drug-likeness (QED) is 0.350. The maximum atomic E-state index is 12.6. The van der Waals surface area contributed by atoms with Crippen molar-refractivity contribution in [3.8, 4) is 11.5 Å². The first-order valence-electron chi connectivity index (χ1n) is 8.79. The summed E-state index contributed by atoms with van der Waals surface area (Å²) in [7, 11) is 0. The number of halogens is 1. The third-order valence-corrected chi connectivity index (χ3v) is 5.88. The number of imide groups is 1. The molecular formula is C20H17BrN2O6S. The van der Waals surface area contributed by atoms with Crippen molar-refractivity contribution < 1.29 is 24.4 Å². The molecule has 0 radical (unpaired) electrons. The van der Waals surface area contributed by atoms with Crippen LogP contribution in [0.3, 0.4) is 0 Å². The van der Waals surface area contributed by atoms with E-state index in [9.17, 15) is 24.8 Å². The SMILES string of the molecule is Cc1ccc(C)c(OCCN2C(=O)S/C(=C\c3cc([N+](=O)[O-])cc(Br)c3O)C2=O)c1. The van der Waals surface area contributed by atoms with Crippen LogP contribution in [0.4, 0.5) is 10.5 Å². The lowest BCUT2D eigenvalue weighted by molar-refractivity contribution is -0.385. The summed E-state index contributed by atoms with van der Waals surface area (Å²) in [6.07, 6.45) is 1.27. The van der Waals surface area contributed by atoms with Gasteiger partial charge in [-0.1, -0.05) is 12.1 Å². The van der Waals surface area contributed by atoms with E-state index in [-0.39, 0.29) is 39.5 Å². The lowest BCUT2D eigenvalue weighted by atomic mass is 10.1. The third-order valence-electron chi connectivity index (χ3n) is 4.36. The minimum atomic E-state index is -0.613. The predicted molar refractivity (Wildman–Crippen MR) is 117 cm³/mol. The molecule has 2 amide bonds. The van der Waals surface area contributed by atoms with Gasteiger partial charge >= 0.3 is 0 Å². The van der Waals surface area contributed by atoms with E-state index < -0.39 is 16.1 Å². The van der Waals surface area contributed by atoms with Crippen LogP contribution >= 0.6 is 27.7 Å². The van der Waals surface area contributed by atoms with Crippen LogP contribution in [-0.4, -0.2) is 39.2 Å². The first-order valence-corrected chi connectivity index (χ1v) is 10.4. The Labute approximate surface area is 184 Å². The van der Waals surface area contributed by atoms with E-state index in [1.807, 2.05) is 32.0 Å². The summed E-state index contributed by atoms with van der Waals surface area (Å²) in [4.78, 5) is 36.4. The van der Waals surface area contributed by atoms with Crippen molar-refractivity contribution in [2.45, 2.75) is 13.8 Å². The van der Waals surface area contributed by atoms with Crippen LogP contribution in [0.15, 0.2) is 39.7 Å². The van der Waals surface area contributed by atoms with Crippen molar-refractivity contribution in [2.24, 2.45) is 0 Å². The zero-order chi connectivity index (χ0) is 22.0. The van der Waals surface area contributed by atoms with Crippen LogP contribution in [0.5, 0.6) is 11.5 Å². The van der Waals surface area contributed by atoms with E-state index in [0.717, 1.165) is 28.2 Å². The highest BCUT2D eigenvalue weighted by Gasteiger charge is 2.35. The van der Waals surface area contributed by atoms with Crippen LogP contribution in [-0.2, 0) is 4.79 Å². The van der Waals surface area contributed by atoms with Crippen molar-refractivity contribution in [3.63, 3.8) is 0 Å². The fourth-order valence-electron chi connectivity index (χ4n) is 2.76. The maximum Gasteiger partial charge on any atom is 0.293 e. The van der Waals surface area contributed by atoms with E-state index in [2.05, 4.69) is 15.9 Å². The van der Waals surface area contributed by atoms with Gasteiger partial charge in [0.25, 0.3) is 16.8 Å². The second kappa shape index (κ2) is 8.88. The monoisotopic (exact) mass is 492 g/mol. The number of carbonyl (C=O) groups is 2. The fourth-order valence-corrected chi connectivity index (χ4v) is 4.08. The van der Waals surface area contributed by atoms with Crippen LogP contribution in [0.25, 0.3) is 6.08 Å². The van der Waals surface area contributed by atoms with E-state index >= 15 is 0 Å². The normalized spacial score (nSPS) is 15.2. The molecule has 1 heterocycles. The van der Waals surface area contributed by atoms with E-state index in [0.29, 0.717) is 17.5 Å². The standard InChI is InChI=1S/C20H17BrN2O6S/c1-11-3-4-12(2)16(7-11)29-6-5-22-19(25)17(30-20(22)26)9-13-8-14(23(27)28)10-15(21)18(13)24/h3-4,7-10,24H,5-6H2,1-2H3/b17-9-. The molecule has 8 nitrogen and oxygen atoms in total. The second-order valence-electron chi connectivity index (χ2n) is 6.57. The minimum absolute atomic E-state index is 0.0556. The molecule has 0 bridgehead atoms. The topological polar surface area (TPSA) is 110 Å². The number of amides is 2. The molecule has 1 saturated heterocycles. The molecule has 0 saturated carbocycles. The van der Waals surface area contributed by atoms with Gasteiger partial charge in [0.15, 0.2) is 0 Å². The number of carbonyl (C=O) groups excluding carboxylic acids is 2. The van der Waals surface area contributed by atoms with E-state index in [4.69, 9.17) is 4.74 Å². The Bertz CT molecular complexity index is 1090. The molecule has 1 aliphatic heterocycles. The van der Waals surface area contributed by atoms with Crippen LogP contribution < -0.4 is 4.74 Å². The zero-order valence-corrected chi connectivity index (χ0v) is 18.4. The Hall–Kier alpha value is -2.85. The highest BCUT2D eigenvalue weighted by atomic mass is 79.9. The number of phenolic OH excluding ortho intramolecular Hbond substituents is 1. The van der Waals surface area contributed by atoms with Gasteiger partial charge in [0.1, 0.15) is 18.1 Å². The molecule has 0 aliphatic carbocycles. The summed E-state index contributed by atoms with van der Waals surface area (Å²) in [5, 5.41) is 20.7. The van der Waals surface area contributed by atoms with Crippen LogP contribution in [0.1, 0.15) is 16.7 Å². The molecular weight excluding hydrogens is 476 g/mol. The van der Waals surface area contributed by atoms with Gasteiger partial charge in [-0.05, 0) is 64.8 Å². The van der Waals surface area contributed by atoms with Crippen molar-refractivity contribution in [3.05, 3.63) is 66.5 Å². The summed E-state index contributed by atoms with van der Waals surface area (Å²) >= 11 is 3.76. The predicted octanol–water partition coefficient (Wildman–Crippen LogP) is 4.80. The summed E-state index contributed by atoms with van der Waals surface area (Å²) in [5.41, 5.74) is 1.79. The molecule has 1 aliphatic rings. The van der Waals surface area contributed by atoms with Gasteiger partial charge in [0.2, 0.25) is 0 Å². The molecule has 0 aromatic heterocycles. The smallest absolute Gasteiger partial charge is 0.293 e. The second-order valence-corrected chi connectivity index (χ2v) is 8.42. The summed E-state index contributed by atoms with van der Waals surface area (Å²) < 4.78 is 5.83. The van der Waals surface area contributed by atoms with Gasteiger partial charge in [0, 0.05) is 17.7 Å². The van der Waals surface area contributed by atoms with Gasteiger partial charge in [-0.25, -0.2) is 0 Å². The molecule has 1 fully saturated rings. The molecule has 3 rings (SSSR count). The highest BCUT2D eigenvalue weighted by molar-refractivity contribution is 9.10. The lowest BCUT2D eigenvalue weighted by Crippen LogP contribution is -2.32. The number of benzene rings is 2. The molecule has 2 aromatic carbocycles. The molecule has 0 unspecified atom stereocenters. The van der Waals surface area contributed by atoms with Gasteiger partial charge in [-0.3, -0.25) is 24.6 Å². The van der Waals surface area contributed by atoms with Gasteiger partial charge in [-0.15, -0.1) is 0 Å². The Morgan fingerprint density at radius 3 is 2.70 bits per heavy atom. The highest BCUT2D eigenvalue weighted by Crippen LogP contribution is 2.38. The van der Waals surface area contributed by atoms with Gasteiger partial charge in [-0.2, -0.15) is 0 Å². The fraction of sp³-hybridized carbons (Fsp3) is 0.200. The van der Waals surface area contributed by atoms with Crippen molar-refractivity contribution in [1.82, 2.24) is 4.90 Å². The average molecular weight is 493 g/mol. The van der Waals surface area contributed by atoms with E-state index in [1.54, 1.807) is 0 Å². The number of nitro benzene ring substituents is 1. The molecule has 0 spiro atoms. The number of hydrogen-bond acceptors (Lipinski definition) is 7. The van der Waals surface area contributed by atoms with Crippen LogP contribution in [0, 0.1) is 24.0 Å². The number of aryl methyl sites for hydroxylation is 2. The molecule has 0 atom stereocenters.